The summed E-state index contributed by atoms with van der Waals surface area (Å²) in [6.45, 7) is 2.54. The molecule has 108 valence electrons. The van der Waals surface area contributed by atoms with Gasteiger partial charge in [-0.25, -0.2) is 18.1 Å². The molecule has 0 unspecified atom stereocenters. The first-order valence-corrected chi connectivity index (χ1v) is 8.68. The van der Waals surface area contributed by atoms with E-state index in [1.54, 1.807) is 17.6 Å². The summed E-state index contributed by atoms with van der Waals surface area (Å²) in [5.74, 6) is 0. The van der Waals surface area contributed by atoms with E-state index < -0.39 is 10.0 Å². The van der Waals surface area contributed by atoms with Crippen molar-refractivity contribution in [1.82, 2.24) is 9.71 Å². The fourth-order valence-corrected chi connectivity index (χ4v) is 3.49. The summed E-state index contributed by atoms with van der Waals surface area (Å²) in [5.41, 5.74) is 9.99. The number of aryl methyl sites for hydroxylation is 1. The van der Waals surface area contributed by atoms with Gasteiger partial charge >= 0.3 is 0 Å². The van der Waals surface area contributed by atoms with Gasteiger partial charge in [-0.15, -0.1) is 11.3 Å². The number of nitrogens with one attached hydrogen (secondary N) is 1. The van der Waals surface area contributed by atoms with Crippen molar-refractivity contribution < 1.29 is 8.42 Å². The molecule has 0 amide bonds. The van der Waals surface area contributed by atoms with Gasteiger partial charge in [-0.05, 0) is 29.7 Å². The van der Waals surface area contributed by atoms with E-state index in [2.05, 4.69) is 9.71 Å². The number of benzene rings is 1. The van der Waals surface area contributed by atoms with Crippen molar-refractivity contribution >= 4 is 21.4 Å². The highest BCUT2D eigenvalue weighted by atomic mass is 32.2. The van der Waals surface area contributed by atoms with Gasteiger partial charge in [0.2, 0.25) is 10.0 Å². The van der Waals surface area contributed by atoms with Gasteiger partial charge in [-0.1, -0.05) is 13.0 Å². The first kappa shape index (κ1) is 15.1. The maximum atomic E-state index is 12.2. The zero-order chi connectivity index (χ0) is 14.6. The Hall–Kier alpha value is -1.28. The van der Waals surface area contributed by atoms with Gasteiger partial charge in [0.25, 0.3) is 0 Å². The highest BCUT2D eigenvalue weighted by molar-refractivity contribution is 7.89. The smallest absolute Gasteiger partial charge is 0.240 e. The van der Waals surface area contributed by atoms with Crippen molar-refractivity contribution in [3.05, 3.63) is 45.9 Å². The summed E-state index contributed by atoms with van der Waals surface area (Å²) >= 11 is 1.43. The predicted octanol–water partition coefficient (Wildman–Crippen LogP) is 1.64. The zero-order valence-electron chi connectivity index (χ0n) is 11.2. The van der Waals surface area contributed by atoms with E-state index in [-0.39, 0.29) is 11.4 Å². The summed E-state index contributed by atoms with van der Waals surface area (Å²) in [7, 11) is -3.53. The zero-order valence-corrected chi connectivity index (χ0v) is 12.8. The molecule has 0 radical (unpaired) electrons. The van der Waals surface area contributed by atoms with Crippen molar-refractivity contribution in [2.24, 2.45) is 5.73 Å². The molecule has 3 N–H and O–H groups in total. The minimum absolute atomic E-state index is 0.194. The molecule has 7 heteroatoms. The molecule has 0 aliphatic rings. The molecule has 2 rings (SSSR count). The lowest BCUT2D eigenvalue weighted by Crippen LogP contribution is -2.23. The number of hydrogen-bond acceptors (Lipinski definition) is 5. The number of hydrogen-bond donors (Lipinski definition) is 2. The number of nitrogens with two attached hydrogens (primary N) is 1. The molecule has 0 aliphatic heterocycles. The van der Waals surface area contributed by atoms with Gasteiger partial charge in [0, 0.05) is 11.9 Å². The molecule has 0 saturated heterocycles. The second-order valence-electron chi connectivity index (χ2n) is 4.29. The maximum absolute atomic E-state index is 12.2. The number of sulfonamides is 1. The summed E-state index contributed by atoms with van der Waals surface area (Å²) in [6.07, 6.45) is 0.832. The van der Waals surface area contributed by atoms with Gasteiger partial charge in [0.1, 0.15) is 0 Å². The van der Waals surface area contributed by atoms with E-state index in [0.29, 0.717) is 12.2 Å². The Balaban J connectivity index is 2.20. The number of nitrogens with zero attached hydrogens (tertiary/aromatic N) is 1. The van der Waals surface area contributed by atoms with E-state index in [9.17, 15) is 8.42 Å². The maximum Gasteiger partial charge on any atom is 0.240 e. The molecule has 1 heterocycles. The number of rotatable bonds is 6. The van der Waals surface area contributed by atoms with Crippen LogP contribution in [0.25, 0.3) is 0 Å². The topological polar surface area (TPSA) is 85.1 Å². The Morgan fingerprint density at radius 2 is 2.15 bits per heavy atom. The second-order valence-corrected chi connectivity index (χ2v) is 6.78. The first-order valence-electron chi connectivity index (χ1n) is 6.25. The number of aromatic nitrogens is 1. The molecule has 5 nitrogen and oxygen atoms in total. The van der Waals surface area contributed by atoms with Crippen LogP contribution >= 0.6 is 11.3 Å². The Morgan fingerprint density at radius 3 is 2.75 bits per heavy atom. The van der Waals surface area contributed by atoms with Crippen LogP contribution in [0.3, 0.4) is 0 Å². The SMILES string of the molecule is CCc1ccc(S(=O)(=O)NCc2cscn2)cc1CN. The van der Waals surface area contributed by atoms with Crippen LogP contribution in [0.1, 0.15) is 23.7 Å². The van der Waals surface area contributed by atoms with Crippen molar-refractivity contribution in [3.8, 4) is 0 Å². The van der Waals surface area contributed by atoms with Crippen LogP contribution in [0.15, 0.2) is 34.0 Å². The van der Waals surface area contributed by atoms with Gasteiger partial charge in [0.15, 0.2) is 0 Å². The molecule has 0 bridgehead atoms. The highest BCUT2D eigenvalue weighted by Gasteiger charge is 2.15. The Morgan fingerprint density at radius 1 is 1.35 bits per heavy atom. The molecule has 20 heavy (non-hydrogen) atoms. The monoisotopic (exact) mass is 311 g/mol. The van der Waals surface area contributed by atoms with E-state index >= 15 is 0 Å². The van der Waals surface area contributed by atoms with Crippen LogP contribution < -0.4 is 10.5 Å². The number of thiazole rings is 1. The summed E-state index contributed by atoms with van der Waals surface area (Å²) in [6, 6.07) is 5.07. The van der Waals surface area contributed by atoms with Crippen molar-refractivity contribution in [1.29, 1.82) is 0 Å². The van der Waals surface area contributed by atoms with Crippen molar-refractivity contribution in [3.63, 3.8) is 0 Å². The summed E-state index contributed by atoms with van der Waals surface area (Å²) in [4.78, 5) is 4.29. The van der Waals surface area contributed by atoms with E-state index in [4.69, 9.17) is 5.73 Å². The van der Waals surface area contributed by atoms with Crippen molar-refractivity contribution in [2.45, 2.75) is 31.3 Å². The lowest BCUT2D eigenvalue weighted by Gasteiger charge is -2.10. The van der Waals surface area contributed by atoms with E-state index in [0.717, 1.165) is 17.5 Å². The van der Waals surface area contributed by atoms with Gasteiger partial charge < -0.3 is 5.73 Å². The van der Waals surface area contributed by atoms with E-state index in [1.807, 2.05) is 18.4 Å². The Bertz CT molecular complexity index is 667. The second kappa shape index (κ2) is 6.45. The third kappa shape index (κ3) is 3.43. The average Bonchev–Trinajstić information content (AvgIpc) is 2.97. The minimum Gasteiger partial charge on any atom is -0.326 e. The fraction of sp³-hybridized carbons (Fsp3) is 0.308. The molecule has 0 atom stereocenters. The predicted molar refractivity (Wildman–Crippen MR) is 79.9 cm³/mol. The highest BCUT2D eigenvalue weighted by Crippen LogP contribution is 2.17. The van der Waals surface area contributed by atoms with Crippen LogP contribution in [0, 0.1) is 0 Å². The third-order valence-corrected chi connectivity index (χ3v) is 5.05. The Kier molecular flexibility index (Phi) is 4.87. The molecule has 0 aliphatic carbocycles. The largest absolute Gasteiger partial charge is 0.326 e. The normalized spacial score (nSPS) is 11.7. The van der Waals surface area contributed by atoms with Crippen LogP contribution in [0.5, 0.6) is 0 Å². The van der Waals surface area contributed by atoms with Crippen molar-refractivity contribution in [2.75, 3.05) is 0 Å². The van der Waals surface area contributed by atoms with Crippen LogP contribution in [0.2, 0.25) is 0 Å². The minimum atomic E-state index is -3.53. The van der Waals surface area contributed by atoms with Crippen LogP contribution in [-0.2, 0) is 29.5 Å². The van der Waals surface area contributed by atoms with Crippen LogP contribution in [0.4, 0.5) is 0 Å². The molecular formula is C13H17N3O2S2. The molecule has 2 aromatic rings. The summed E-state index contributed by atoms with van der Waals surface area (Å²) < 4.78 is 27.0. The van der Waals surface area contributed by atoms with Gasteiger partial charge in [-0.2, -0.15) is 0 Å². The Labute approximate surface area is 122 Å². The van der Waals surface area contributed by atoms with Crippen LogP contribution in [-0.4, -0.2) is 13.4 Å². The van der Waals surface area contributed by atoms with E-state index in [1.165, 1.54) is 11.3 Å². The van der Waals surface area contributed by atoms with Gasteiger partial charge in [-0.3, -0.25) is 0 Å². The first-order chi connectivity index (χ1) is 9.56. The van der Waals surface area contributed by atoms with Gasteiger partial charge in [0.05, 0.1) is 22.6 Å². The molecule has 1 aromatic carbocycles. The average molecular weight is 311 g/mol. The molecule has 0 spiro atoms. The lowest BCUT2D eigenvalue weighted by molar-refractivity contribution is 0.580. The lowest BCUT2D eigenvalue weighted by atomic mass is 10.1. The summed E-state index contributed by atoms with van der Waals surface area (Å²) in [5, 5.41) is 1.81. The molecule has 0 saturated carbocycles. The molecule has 1 aromatic heterocycles. The fourth-order valence-electron chi connectivity index (χ4n) is 1.88. The quantitative estimate of drug-likeness (QED) is 0.849. The standard InChI is InChI=1S/C13H17N3O2S2/c1-2-10-3-4-13(5-11(10)6-14)20(17,18)16-7-12-8-19-9-15-12/h3-5,8-9,16H,2,6-7,14H2,1H3. The third-order valence-electron chi connectivity index (χ3n) is 3.02. The molecule has 0 fully saturated rings. The molecular weight excluding hydrogens is 294 g/mol.